The number of rotatable bonds is 6. The third-order valence-corrected chi connectivity index (χ3v) is 7.08. The second-order valence-corrected chi connectivity index (χ2v) is 9.61. The number of carbonyl (C=O) groups is 1. The number of hydrogen-bond donors (Lipinski definition) is 1. The van der Waals surface area contributed by atoms with Gasteiger partial charge >= 0.3 is 0 Å². The van der Waals surface area contributed by atoms with Crippen molar-refractivity contribution in [2.45, 2.75) is 25.8 Å². The lowest BCUT2D eigenvalue weighted by Gasteiger charge is -2.40. The van der Waals surface area contributed by atoms with E-state index in [-0.39, 0.29) is 11.9 Å². The van der Waals surface area contributed by atoms with Crippen LogP contribution in [0.4, 0.5) is 11.5 Å². The van der Waals surface area contributed by atoms with E-state index in [1.54, 1.807) is 18.2 Å². The molecule has 8 heteroatoms. The van der Waals surface area contributed by atoms with E-state index in [4.69, 9.17) is 23.2 Å². The molecule has 2 aliphatic rings. The van der Waals surface area contributed by atoms with Gasteiger partial charge in [0.1, 0.15) is 5.82 Å². The standard InChI is InChI=1S/C24H31Cl2N5O/c1-18(24(32)28-22-8-7-20(25)15-21(22)26)31-10-4-5-19(17-31)16-29-11-13-30(14-12-29)23-6-2-3-9-27-23/h2-3,6-9,15,18-19H,4-5,10-14,16-17H2,1H3,(H,28,32). The number of nitrogens with zero attached hydrogens (tertiary/aromatic N) is 4. The number of amides is 1. The minimum absolute atomic E-state index is 0.0288. The van der Waals surface area contributed by atoms with Crippen molar-refractivity contribution < 1.29 is 4.79 Å². The lowest BCUT2D eigenvalue weighted by atomic mass is 9.95. The summed E-state index contributed by atoms with van der Waals surface area (Å²) < 4.78 is 0. The van der Waals surface area contributed by atoms with Gasteiger partial charge in [-0.05, 0) is 62.6 Å². The summed E-state index contributed by atoms with van der Waals surface area (Å²) in [5.41, 5.74) is 0.604. The quantitative estimate of drug-likeness (QED) is 0.676. The van der Waals surface area contributed by atoms with Crippen molar-refractivity contribution in [3.8, 4) is 0 Å². The van der Waals surface area contributed by atoms with Gasteiger partial charge in [-0.15, -0.1) is 0 Å². The average Bonchev–Trinajstić information content (AvgIpc) is 2.81. The van der Waals surface area contributed by atoms with Gasteiger partial charge in [0.2, 0.25) is 5.91 Å². The third-order valence-electron chi connectivity index (χ3n) is 6.53. The Labute approximate surface area is 200 Å². The van der Waals surface area contributed by atoms with Gasteiger partial charge in [-0.2, -0.15) is 0 Å². The summed E-state index contributed by atoms with van der Waals surface area (Å²) in [6.07, 6.45) is 4.20. The Bertz CT molecular complexity index is 905. The predicted molar refractivity (Wildman–Crippen MR) is 132 cm³/mol. The van der Waals surface area contributed by atoms with Crippen molar-refractivity contribution in [3.05, 3.63) is 52.6 Å². The van der Waals surface area contributed by atoms with Crippen LogP contribution in [0.5, 0.6) is 0 Å². The van der Waals surface area contributed by atoms with E-state index in [0.717, 1.165) is 58.1 Å². The molecule has 1 N–H and O–H groups in total. The summed E-state index contributed by atoms with van der Waals surface area (Å²) in [5, 5.41) is 3.97. The molecule has 2 aromatic rings. The Morgan fingerprint density at radius 2 is 1.97 bits per heavy atom. The number of aromatic nitrogens is 1. The van der Waals surface area contributed by atoms with Gasteiger partial charge in [-0.1, -0.05) is 29.3 Å². The number of likely N-dealkylation sites (tertiary alicyclic amines) is 1. The molecule has 0 aliphatic carbocycles. The van der Waals surface area contributed by atoms with Crippen LogP contribution >= 0.6 is 23.2 Å². The molecule has 2 aliphatic heterocycles. The van der Waals surface area contributed by atoms with E-state index in [0.29, 0.717) is 21.7 Å². The van der Waals surface area contributed by atoms with Gasteiger partial charge < -0.3 is 10.2 Å². The molecule has 2 unspecified atom stereocenters. The van der Waals surface area contributed by atoms with Crippen molar-refractivity contribution in [2.24, 2.45) is 5.92 Å². The maximum Gasteiger partial charge on any atom is 0.241 e. The molecule has 6 nitrogen and oxygen atoms in total. The Kier molecular flexibility index (Phi) is 7.89. The van der Waals surface area contributed by atoms with Crippen molar-refractivity contribution in [1.82, 2.24) is 14.8 Å². The Hall–Kier alpha value is -1.86. The molecule has 1 aromatic carbocycles. The van der Waals surface area contributed by atoms with Gasteiger partial charge in [0, 0.05) is 50.5 Å². The maximum atomic E-state index is 12.9. The zero-order valence-corrected chi connectivity index (χ0v) is 20.0. The Balaban J connectivity index is 1.26. The number of piperidine rings is 1. The zero-order chi connectivity index (χ0) is 22.5. The number of carbonyl (C=O) groups excluding carboxylic acids is 1. The summed E-state index contributed by atoms with van der Waals surface area (Å²) in [7, 11) is 0. The highest BCUT2D eigenvalue weighted by Gasteiger charge is 2.29. The van der Waals surface area contributed by atoms with Crippen molar-refractivity contribution in [2.75, 3.05) is 56.0 Å². The maximum absolute atomic E-state index is 12.9. The van der Waals surface area contributed by atoms with Gasteiger partial charge in [0.05, 0.1) is 16.8 Å². The lowest BCUT2D eigenvalue weighted by molar-refractivity contribution is -0.121. The minimum Gasteiger partial charge on any atom is -0.354 e. The summed E-state index contributed by atoms with van der Waals surface area (Å²) in [6.45, 7) is 9.09. The van der Waals surface area contributed by atoms with Crippen LogP contribution in [0, 0.1) is 5.92 Å². The number of pyridine rings is 1. The van der Waals surface area contributed by atoms with Crippen LogP contribution in [0.25, 0.3) is 0 Å². The van der Waals surface area contributed by atoms with E-state index < -0.39 is 0 Å². The highest BCUT2D eigenvalue weighted by Crippen LogP contribution is 2.26. The molecule has 2 fully saturated rings. The monoisotopic (exact) mass is 475 g/mol. The van der Waals surface area contributed by atoms with Gasteiger partial charge in [0.25, 0.3) is 0 Å². The number of piperazine rings is 1. The first-order valence-corrected chi connectivity index (χ1v) is 12.1. The van der Waals surface area contributed by atoms with Crippen LogP contribution in [0.2, 0.25) is 10.0 Å². The number of benzene rings is 1. The second kappa shape index (κ2) is 10.8. The van der Waals surface area contributed by atoms with E-state index in [1.807, 2.05) is 25.3 Å². The first-order valence-electron chi connectivity index (χ1n) is 11.4. The Morgan fingerprint density at radius 1 is 1.16 bits per heavy atom. The molecule has 2 saturated heterocycles. The van der Waals surface area contributed by atoms with E-state index >= 15 is 0 Å². The molecule has 172 valence electrons. The first kappa shape index (κ1) is 23.3. The Morgan fingerprint density at radius 3 is 2.69 bits per heavy atom. The number of halogens is 2. The summed E-state index contributed by atoms with van der Waals surface area (Å²) >= 11 is 12.2. The van der Waals surface area contributed by atoms with Gasteiger partial charge in [0.15, 0.2) is 0 Å². The number of nitrogens with one attached hydrogen (secondary N) is 1. The SMILES string of the molecule is CC(C(=O)Nc1ccc(Cl)cc1Cl)N1CCCC(CN2CCN(c3ccccn3)CC2)C1. The van der Waals surface area contributed by atoms with Crippen molar-refractivity contribution in [3.63, 3.8) is 0 Å². The van der Waals surface area contributed by atoms with E-state index in [2.05, 4.69) is 31.1 Å². The fourth-order valence-corrected chi connectivity index (χ4v) is 5.11. The molecular formula is C24H31Cl2N5O. The molecule has 0 bridgehead atoms. The third kappa shape index (κ3) is 5.93. The zero-order valence-electron chi connectivity index (χ0n) is 18.5. The van der Waals surface area contributed by atoms with Gasteiger partial charge in [-0.3, -0.25) is 14.6 Å². The molecule has 1 amide bonds. The fourth-order valence-electron chi connectivity index (χ4n) is 4.66. The fraction of sp³-hybridized carbons (Fsp3) is 0.500. The van der Waals surface area contributed by atoms with Crippen LogP contribution in [0.15, 0.2) is 42.6 Å². The molecule has 0 spiro atoms. The molecule has 1 aromatic heterocycles. The smallest absolute Gasteiger partial charge is 0.241 e. The molecule has 4 rings (SSSR count). The van der Waals surface area contributed by atoms with Crippen molar-refractivity contribution >= 4 is 40.6 Å². The number of hydrogen-bond acceptors (Lipinski definition) is 5. The number of anilines is 2. The second-order valence-electron chi connectivity index (χ2n) is 8.77. The normalized spacial score (nSPS) is 21.3. The average molecular weight is 476 g/mol. The van der Waals surface area contributed by atoms with Crippen LogP contribution in [0.3, 0.4) is 0 Å². The summed E-state index contributed by atoms with van der Waals surface area (Å²) in [6, 6.07) is 11.0. The highest BCUT2D eigenvalue weighted by atomic mass is 35.5. The van der Waals surface area contributed by atoms with Gasteiger partial charge in [-0.25, -0.2) is 4.98 Å². The molecule has 32 heavy (non-hydrogen) atoms. The minimum atomic E-state index is -0.203. The molecule has 2 atom stereocenters. The van der Waals surface area contributed by atoms with Crippen LogP contribution in [0.1, 0.15) is 19.8 Å². The first-order chi connectivity index (χ1) is 15.5. The molecule has 0 radical (unpaired) electrons. The largest absolute Gasteiger partial charge is 0.354 e. The van der Waals surface area contributed by atoms with Crippen LogP contribution < -0.4 is 10.2 Å². The highest BCUT2D eigenvalue weighted by molar-refractivity contribution is 6.36. The van der Waals surface area contributed by atoms with E-state index in [1.165, 1.54) is 6.42 Å². The van der Waals surface area contributed by atoms with Crippen LogP contribution in [-0.4, -0.2) is 72.5 Å². The molecule has 3 heterocycles. The molecular weight excluding hydrogens is 445 g/mol. The summed E-state index contributed by atoms with van der Waals surface area (Å²) in [4.78, 5) is 24.6. The van der Waals surface area contributed by atoms with Crippen molar-refractivity contribution in [1.29, 1.82) is 0 Å². The lowest BCUT2D eigenvalue weighted by Crippen LogP contribution is -2.52. The van der Waals surface area contributed by atoms with E-state index in [9.17, 15) is 4.79 Å². The molecule has 0 saturated carbocycles. The summed E-state index contributed by atoms with van der Waals surface area (Å²) in [5.74, 6) is 1.62. The topological polar surface area (TPSA) is 51.7 Å². The predicted octanol–water partition coefficient (Wildman–Crippen LogP) is 4.25. The van der Waals surface area contributed by atoms with Crippen LogP contribution in [-0.2, 0) is 4.79 Å².